The van der Waals surface area contributed by atoms with Crippen molar-refractivity contribution in [3.05, 3.63) is 59.4 Å². The van der Waals surface area contributed by atoms with Crippen molar-refractivity contribution in [2.45, 2.75) is 12.8 Å². The van der Waals surface area contributed by atoms with Crippen molar-refractivity contribution in [1.29, 1.82) is 0 Å². The SMILES string of the molecule is COc1ccc(C(=O)C2CCN(C(=O)c3ncccc3C(=O)O)CC2)cc1. The lowest BCUT2D eigenvalue weighted by molar-refractivity contribution is 0.0627. The number of carboxylic acids is 1. The Morgan fingerprint density at radius 1 is 1.11 bits per heavy atom. The predicted molar refractivity (Wildman–Crippen MR) is 97.1 cm³/mol. The summed E-state index contributed by atoms with van der Waals surface area (Å²) in [4.78, 5) is 42.1. The number of hydrogen-bond donors (Lipinski definition) is 1. The molecule has 2 heterocycles. The first kappa shape index (κ1) is 18.6. The van der Waals surface area contributed by atoms with E-state index in [2.05, 4.69) is 4.98 Å². The van der Waals surface area contributed by atoms with E-state index in [1.54, 1.807) is 36.3 Å². The summed E-state index contributed by atoms with van der Waals surface area (Å²) in [5.41, 5.74) is 0.447. The van der Waals surface area contributed by atoms with Crippen LogP contribution in [0, 0.1) is 5.92 Å². The van der Waals surface area contributed by atoms with Crippen LogP contribution in [0.15, 0.2) is 42.6 Å². The maximum Gasteiger partial charge on any atom is 0.338 e. The van der Waals surface area contributed by atoms with E-state index < -0.39 is 11.9 Å². The molecule has 1 aliphatic heterocycles. The zero-order valence-corrected chi connectivity index (χ0v) is 14.9. The Kier molecular flexibility index (Phi) is 5.49. The summed E-state index contributed by atoms with van der Waals surface area (Å²) >= 11 is 0. The largest absolute Gasteiger partial charge is 0.497 e. The number of carbonyl (C=O) groups is 3. The average Bonchev–Trinajstić information content (AvgIpc) is 2.73. The van der Waals surface area contributed by atoms with Crippen LogP contribution < -0.4 is 4.74 Å². The molecule has 0 radical (unpaired) electrons. The first-order valence-electron chi connectivity index (χ1n) is 8.67. The molecule has 0 saturated carbocycles. The zero-order chi connectivity index (χ0) is 19.4. The molecule has 7 nitrogen and oxygen atoms in total. The van der Waals surface area contributed by atoms with Gasteiger partial charge in [-0.2, -0.15) is 0 Å². The zero-order valence-electron chi connectivity index (χ0n) is 14.9. The second kappa shape index (κ2) is 7.99. The highest BCUT2D eigenvalue weighted by atomic mass is 16.5. The lowest BCUT2D eigenvalue weighted by Crippen LogP contribution is -2.41. The van der Waals surface area contributed by atoms with Crippen molar-refractivity contribution < 1.29 is 24.2 Å². The van der Waals surface area contributed by atoms with Gasteiger partial charge in [-0.05, 0) is 49.2 Å². The third-order valence-corrected chi connectivity index (χ3v) is 4.77. The van der Waals surface area contributed by atoms with Crippen LogP contribution in [0.25, 0.3) is 0 Å². The summed E-state index contributed by atoms with van der Waals surface area (Å²) in [7, 11) is 1.57. The van der Waals surface area contributed by atoms with E-state index >= 15 is 0 Å². The topological polar surface area (TPSA) is 96.8 Å². The molecule has 3 rings (SSSR count). The molecular weight excluding hydrogens is 348 g/mol. The normalized spacial score (nSPS) is 14.6. The molecule has 0 unspecified atom stereocenters. The molecule has 27 heavy (non-hydrogen) atoms. The minimum atomic E-state index is -1.18. The molecule has 0 spiro atoms. The predicted octanol–water partition coefficient (Wildman–Crippen LogP) is 2.52. The quantitative estimate of drug-likeness (QED) is 0.815. The maximum absolute atomic E-state index is 12.7. The van der Waals surface area contributed by atoms with Crippen LogP contribution in [-0.2, 0) is 0 Å². The lowest BCUT2D eigenvalue weighted by atomic mass is 9.88. The molecule has 140 valence electrons. The molecule has 7 heteroatoms. The van der Waals surface area contributed by atoms with Gasteiger partial charge in [-0.25, -0.2) is 4.79 Å². The van der Waals surface area contributed by atoms with Gasteiger partial charge in [-0.15, -0.1) is 0 Å². The number of aromatic carboxylic acids is 1. The number of methoxy groups -OCH3 is 1. The number of carbonyl (C=O) groups excluding carboxylic acids is 2. The smallest absolute Gasteiger partial charge is 0.338 e. The fraction of sp³-hybridized carbons (Fsp3) is 0.300. The van der Waals surface area contributed by atoms with Crippen LogP contribution in [0.5, 0.6) is 5.75 Å². The van der Waals surface area contributed by atoms with Gasteiger partial charge in [-0.1, -0.05) is 0 Å². The summed E-state index contributed by atoms with van der Waals surface area (Å²) < 4.78 is 5.10. The molecule has 2 aromatic rings. The molecule has 0 atom stereocenters. The van der Waals surface area contributed by atoms with Gasteiger partial charge >= 0.3 is 5.97 Å². The number of pyridine rings is 1. The molecule has 0 bridgehead atoms. The second-order valence-electron chi connectivity index (χ2n) is 6.36. The molecule has 1 aromatic heterocycles. The Morgan fingerprint density at radius 3 is 2.37 bits per heavy atom. The lowest BCUT2D eigenvalue weighted by Gasteiger charge is -2.31. The van der Waals surface area contributed by atoms with Crippen LogP contribution in [-0.4, -0.2) is 52.8 Å². The van der Waals surface area contributed by atoms with E-state index in [4.69, 9.17) is 4.74 Å². The highest BCUT2D eigenvalue weighted by molar-refractivity contribution is 6.03. The van der Waals surface area contributed by atoms with Gasteiger partial charge in [0.25, 0.3) is 5.91 Å². The van der Waals surface area contributed by atoms with Crippen molar-refractivity contribution >= 4 is 17.7 Å². The number of rotatable bonds is 5. The summed E-state index contributed by atoms with van der Waals surface area (Å²) in [6, 6.07) is 9.83. The molecule has 1 saturated heterocycles. The first-order chi connectivity index (χ1) is 13.0. The van der Waals surface area contributed by atoms with Gasteiger partial charge in [0.15, 0.2) is 5.78 Å². The number of hydrogen-bond acceptors (Lipinski definition) is 5. The number of piperidine rings is 1. The third-order valence-electron chi connectivity index (χ3n) is 4.77. The Morgan fingerprint density at radius 2 is 1.78 bits per heavy atom. The Hall–Kier alpha value is -3.22. The third kappa shape index (κ3) is 3.97. The Balaban J connectivity index is 1.65. The van der Waals surface area contributed by atoms with E-state index in [1.807, 2.05) is 0 Å². The molecule has 0 aliphatic carbocycles. The number of likely N-dealkylation sites (tertiary alicyclic amines) is 1. The van der Waals surface area contributed by atoms with Crippen LogP contribution in [0.1, 0.15) is 44.0 Å². The standard InChI is InChI=1S/C20H20N2O5/c1-27-15-6-4-13(5-7-15)18(23)14-8-11-22(12-9-14)19(24)17-16(20(25)26)3-2-10-21-17/h2-7,10,14H,8-9,11-12H2,1H3,(H,25,26). The number of carboxylic acid groups (broad SMARTS) is 1. The highest BCUT2D eigenvalue weighted by Gasteiger charge is 2.30. The average molecular weight is 368 g/mol. The van der Waals surface area contributed by atoms with Crippen LogP contribution in [0.2, 0.25) is 0 Å². The Labute approximate surface area is 156 Å². The summed E-state index contributed by atoms with van der Waals surface area (Å²) in [6.07, 6.45) is 2.47. The van der Waals surface area contributed by atoms with Crippen LogP contribution >= 0.6 is 0 Å². The number of benzene rings is 1. The monoisotopic (exact) mass is 368 g/mol. The number of ketones is 1. The van der Waals surface area contributed by atoms with Crippen molar-refractivity contribution in [1.82, 2.24) is 9.88 Å². The minimum Gasteiger partial charge on any atom is -0.497 e. The summed E-state index contributed by atoms with van der Waals surface area (Å²) in [6.45, 7) is 0.780. The van der Waals surface area contributed by atoms with Crippen LogP contribution in [0.3, 0.4) is 0 Å². The summed E-state index contributed by atoms with van der Waals surface area (Å²) in [5, 5.41) is 9.23. The number of ether oxygens (including phenoxy) is 1. The molecule has 1 aromatic carbocycles. The van der Waals surface area contributed by atoms with Gasteiger partial charge in [0, 0.05) is 30.8 Å². The Bertz CT molecular complexity index is 855. The number of aromatic nitrogens is 1. The van der Waals surface area contributed by atoms with Crippen LogP contribution in [0.4, 0.5) is 0 Å². The van der Waals surface area contributed by atoms with E-state index in [0.717, 1.165) is 0 Å². The fourth-order valence-corrected chi connectivity index (χ4v) is 3.23. The minimum absolute atomic E-state index is 0.0498. The highest BCUT2D eigenvalue weighted by Crippen LogP contribution is 2.24. The van der Waals surface area contributed by atoms with Gasteiger partial charge in [0.1, 0.15) is 11.4 Å². The van der Waals surface area contributed by atoms with Gasteiger partial charge in [-0.3, -0.25) is 14.6 Å². The molecule has 1 N–H and O–H groups in total. The van der Waals surface area contributed by atoms with Gasteiger partial charge in [0.2, 0.25) is 0 Å². The first-order valence-corrected chi connectivity index (χ1v) is 8.67. The van der Waals surface area contributed by atoms with E-state index in [1.165, 1.54) is 18.3 Å². The van der Waals surface area contributed by atoms with E-state index in [0.29, 0.717) is 37.2 Å². The fourth-order valence-electron chi connectivity index (χ4n) is 3.23. The van der Waals surface area contributed by atoms with E-state index in [-0.39, 0.29) is 23.0 Å². The molecule has 1 fully saturated rings. The number of amides is 1. The van der Waals surface area contributed by atoms with E-state index in [9.17, 15) is 19.5 Å². The van der Waals surface area contributed by atoms with Crippen molar-refractivity contribution in [3.63, 3.8) is 0 Å². The van der Waals surface area contributed by atoms with Gasteiger partial charge < -0.3 is 14.7 Å². The number of nitrogens with zero attached hydrogens (tertiary/aromatic N) is 2. The van der Waals surface area contributed by atoms with Crippen molar-refractivity contribution in [2.24, 2.45) is 5.92 Å². The van der Waals surface area contributed by atoms with Crippen molar-refractivity contribution in [3.8, 4) is 5.75 Å². The number of Topliss-reactive ketones (excluding diaryl/α,β-unsaturated/α-hetero) is 1. The molecule has 1 amide bonds. The van der Waals surface area contributed by atoms with Gasteiger partial charge in [0.05, 0.1) is 12.7 Å². The van der Waals surface area contributed by atoms with Crippen molar-refractivity contribution in [2.75, 3.05) is 20.2 Å². The molecular formula is C20H20N2O5. The summed E-state index contributed by atoms with van der Waals surface area (Å²) in [5.74, 6) is -1.02. The maximum atomic E-state index is 12.7. The second-order valence-corrected chi connectivity index (χ2v) is 6.36. The molecule has 1 aliphatic rings.